The molecular weight excluding hydrogens is 773 g/mol. The Hall–Kier alpha value is -6.02. The lowest BCUT2D eigenvalue weighted by molar-refractivity contribution is -0.134. The van der Waals surface area contributed by atoms with Gasteiger partial charge in [0.25, 0.3) is 11.8 Å². The molecule has 2 heterocycles. The summed E-state index contributed by atoms with van der Waals surface area (Å²) in [6.45, 7) is 18.6. The minimum Gasteiger partial charge on any atom is -0.457 e. The predicted octanol–water partition coefficient (Wildman–Crippen LogP) is 12.1. The topological polar surface area (TPSA) is 93.2 Å². The Morgan fingerprint density at radius 2 is 1.19 bits per heavy atom. The van der Waals surface area contributed by atoms with Crippen LogP contribution in [0.4, 0.5) is 0 Å². The summed E-state index contributed by atoms with van der Waals surface area (Å²) in [5.41, 5.74) is 5.06. The number of amides is 4. The van der Waals surface area contributed by atoms with E-state index in [1.807, 2.05) is 75.4 Å². The van der Waals surface area contributed by atoms with Crippen molar-refractivity contribution in [3.05, 3.63) is 123 Å². The van der Waals surface area contributed by atoms with Crippen LogP contribution in [0.3, 0.4) is 0 Å². The smallest absolute Gasteiger partial charge is 0.261 e. The molecule has 0 spiro atoms. The zero-order valence-electron chi connectivity index (χ0n) is 37.2. The predicted molar refractivity (Wildman–Crippen MR) is 244 cm³/mol. The molecule has 1 saturated carbocycles. The first kappa shape index (κ1) is 40.1. The maximum Gasteiger partial charge on any atom is 0.261 e. The van der Waals surface area contributed by atoms with Gasteiger partial charge in [-0.2, -0.15) is 0 Å². The standard InChI is InChI=1S/C54H54N2O6/c1-52(2,3)29-15-19-32(20-16-29)61-40-27-38-42-36(48(57)55(49(38)58)31-13-11-10-12-14-31)25-23-34-45-41(62-33-21-17-30(18-22-33)53(4,5)6)28-39-43-37(50(59)56(51(39)60)54(7,8)9)26-24-35(47(43)45)44(40)46(34)42/h15-28,31,37-38H,10-14H2,1-9H3. The van der Waals surface area contributed by atoms with Crippen molar-refractivity contribution < 1.29 is 28.7 Å². The van der Waals surface area contributed by atoms with E-state index in [0.717, 1.165) is 65.0 Å². The third kappa shape index (κ3) is 6.07. The van der Waals surface area contributed by atoms with E-state index >= 15 is 0 Å². The highest BCUT2D eigenvalue weighted by molar-refractivity contribution is 6.28. The summed E-state index contributed by atoms with van der Waals surface area (Å²) in [6.07, 6.45) is 10.4. The average Bonchev–Trinajstić information content (AvgIpc) is 3.21. The molecule has 316 valence electrons. The van der Waals surface area contributed by atoms with Gasteiger partial charge in [0.2, 0.25) is 11.8 Å². The van der Waals surface area contributed by atoms with E-state index < -0.39 is 17.4 Å². The quantitative estimate of drug-likeness (QED) is 0.129. The molecule has 2 aliphatic heterocycles. The zero-order chi connectivity index (χ0) is 43.8. The summed E-state index contributed by atoms with van der Waals surface area (Å²) in [4.78, 5) is 61.8. The van der Waals surface area contributed by atoms with Crippen molar-refractivity contribution in [2.75, 3.05) is 0 Å². The fourth-order valence-corrected chi connectivity index (χ4v) is 10.5. The van der Waals surface area contributed by atoms with Gasteiger partial charge in [-0.3, -0.25) is 29.0 Å². The molecule has 2 atom stereocenters. The van der Waals surface area contributed by atoms with E-state index in [-0.39, 0.29) is 40.5 Å². The summed E-state index contributed by atoms with van der Waals surface area (Å²) in [7, 11) is 0. The van der Waals surface area contributed by atoms with Gasteiger partial charge >= 0.3 is 0 Å². The minimum atomic E-state index is -0.779. The molecule has 0 aromatic heterocycles. The molecule has 2 unspecified atom stereocenters. The lowest BCUT2D eigenvalue weighted by Gasteiger charge is -2.42. The van der Waals surface area contributed by atoms with Gasteiger partial charge in [0.05, 0.1) is 11.8 Å². The average molecular weight is 827 g/mol. The van der Waals surface area contributed by atoms with Crippen LogP contribution in [-0.2, 0) is 20.4 Å². The molecule has 62 heavy (non-hydrogen) atoms. The molecule has 0 saturated heterocycles. The summed E-state index contributed by atoms with van der Waals surface area (Å²) in [5.74, 6) is -0.524. The van der Waals surface area contributed by atoms with E-state index in [1.165, 1.54) is 9.80 Å². The second kappa shape index (κ2) is 13.7. The summed E-state index contributed by atoms with van der Waals surface area (Å²) >= 11 is 0. The van der Waals surface area contributed by atoms with E-state index in [0.29, 0.717) is 56.2 Å². The Morgan fingerprint density at radius 3 is 1.79 bits per heavy atom. The maximum atomic E-state index is 14.9. The maximum absolute atomic E-state index is 14.9. The van der Waals surface area contributed by atoms with Gasteiger partial charge in [-0.1, -0.05) is 103 Å². The molecule has 5 aromatic rings. The first-order valence-corrected chi connectivity index (χ1v) is 22.2. The van der Waals surface area contributed by atoms with Crippen LogP contribution in [0.2, 0.25) is 0 Å². The minimum absolute atomic E-state index is 0.0669. The number of nitrogens with zero attached hydrogens (tertiary/aromatic N) is 2. The lowest BCUT2D eigenvalue weighted by atomic mass is 9.71. The highest BCUT2D eigenvalue weighted by atomic mass is 16.5. The van der Waals surface area contributed by atoms with Crippen LogP contribution in [0.1, 0.15) is 160 Å². The van der Waals surface area contributed by atoms with Crippen molar-refractivity contribution in [2.45, 2.75) is 129 Å². The number of fused-ring (bicyclic) bond motifs is 2. The number of hydrogen-bond acceptors (Lipinski definition) is 6. The number of carbonyl (C=O) groups is 4. The monoisotopic (exact) mass is 826 g/mol. The van der Waals surface area contributed by atoms with Gasteiger partial charge in [0, 0.05) is 33.7 Å². The van der Waals surface area contributed by atoms with E-state index in [1.54, 1.807) is 6.07 Å². The second-order valence-electron chi connectivity index (χ2n) is 20.9. The number of rotatable bonds is 5. The zero-order valence-corrected chi connectivity index (χ0v) is 37.2. The van der Waals surface area contributed by atoms with Crippen molar-refractivity contribution in [1.29, 1.82) is 0 Å². The number of ether oxygens (including phenoxy) is 2. The Balaban J connectivity index is 1.28. The summed E-state index contributed by atoms with van der Waals surface area (Å²) < 4.78 is 13.8. The van der Waals surface area contributed by atoms with Gasteiger partial charge in [-0.15, -0.1) is 0 Å². The molecule has 1 fully saturated rings. The molecule has 5 aromatic carbocycles. The molecule has 4 amide bonds. The molecular formula is C54H54N2O6. The van der Waals surface area contributed by atoms with E-state index in [9.17, 15) is 19.2 Å². The Labute approximate surface area is 363 Å². The highest BCUT2D eigenvalue weighted by Crippen LogP contribution is 2.55. The van der Waals surface area contributed by atoms with Crippen LogP contribution < -0.4 is 9.47 Å². The van der Waals surface area contributed by atoms with Crippen LogP contribution in [0.15, 0.2) is 78.9 Å². The van der Waals surface area contributed by atoms with E-state index in [2.05, 4.69) is 65.8 Å². The lowest BCUT2D eigenvalue weighted by Crippen LogP contribution is -2.54. The first-order chi connectivity index (χ1) is 29.3. The molecule has 0 radical (unpaired) electrons. The fraction of sp³-hybridized carbons (Fsp3) is 0.370. The Kier molecular flexibility index (Phi) is 8.88. The van der Waals surface area contributed by atoms with Gasteiger partial charge < -0.3 is 9.47 Å². The highest BCUT2D eigenvalue weighted by Gasteiger charge is 2.49. The van der Waals surface area contributed by atoms with Crippen LogP contribution in [0.25, 0.3) is 33.4 Å². The Bertz CT molecular complexity index is 2860. The fourth-order valence-electron chi connectivity index (χ4n) is 10.5. The molecule has 8 nitrogen and oxygen atoms in total. The van der Waals surface area contributed by atoms with Crippen LogP contribution in [0.5, 0.6) is 17.2 Å². The normalized spacial score (nSPS) is 20.0. The van der Waals surface area contributed by atoms with Crippen LogP contribution in [-0.4, -0.2) is 45.0 Å². The number of carbonyl (C=O) groups excluding carboxylic acids is 4. The summed E-state index contributed by atoms with van der Waals surface area (Å²) in [6, 6.07) is 21.5. The van der Waals surface area contributed by atoms with Crippen molar-refractivity contribution in [2.24, 2.45) is 0 Å². The number of benzene rings is 5. The molecule has 10 rings (SSSR count). The van der Waals surface area contributed by atoms with Crippen LogP contribution >= 0.6 is 0 Å². The summed E-state index contributed by atoms with van der Waals surface area (Å²) in [5, 5.41) is 2.93. The number of imide groups is 2. The molecule has 3 aliphatic carbocycles. The molecule has 5 aliphatic rings. The first-order valence-electron chi connectivity index (χ1n) is 22.2. The largest absolute Gasteiger partial charge is 0.457 e. The van der Waals surface area contributed by atoms with Gasteiger partial charge in [-0.05, 0) is 131 Å². The van der Waals surface area contributed by atoms with Gasteiger partial charge in [-0.25, -0.2) is 0 Å². The van der Waals surface area contributed by atoms with Gasteiger partial charge in [0.1, 0.15) is 23.0 Å². The second-order valence-corrected chi connectivity index (χ2v) is 20.9. The molecule has 8 heteroatoms. The SMILES string of the molecule is CC(C)(C)c1ccc(OC2=CC3C(=O)N(C4CCCCC4)C(=O)c4ccc5c(c2c2c6c7c(cc(Oc8ccc(C(C)(C)C)cc8)c65)C(=O)N(C(C)(C)C)C(=O)C7C=C2)c43)cc1. The van der Waals surface area contributed by atoms with E-state index in [4.69, 9.17) is 9.47 Å². The third-order valence-electron chi connectivity index (χ3n) is 13.7. The van der Waals surface area contributed by atoms with Crippen molar-refractivity contribution in [1.82, 2.24) is 9.80 Å². The van der Waals surface area contributed by atoms with Crippen LogP contribution in [0, 0.1) is 0 Å². The Morgan fingerprint density at radius 1 is 0.597 bits per heavy atom. The third-order valence-corrected chi connectivity index (χ3v) is 13.7. The van der Waals surface area contributed by atoms with Crippen molar-refractivity contribution in [3.63, 3.8) is 0 Å². The molecule has 0 N–H and O–H groups in total. The van der Waals surface area contributed by atoms with Crippen molar-refractivity contribution >= 4 is 57.0 Å². The van der Waals surface area contributed by atoms with Crippen molar-refractivity contribution in [3.8, 4) is 17.2 Å². The van der Waals surface area contributed by atoms with Gasteiger partial charge in [0.15, 0.2) is 0 Å². The molecule has 0 bridgehead atoms. The number of hydrogen-bond donors (Lipinski definition) is 0.